The molecule has 3 N–H and O–H groups in total. The predicted molar refractivity (Wildman–Crippen MR) is 117 cm³/mol. The van der Waals surface area contributed by atoms with E-state index in [1.165, 1.54) is 18.5 Å². The molecule has 0 radical (unpaired) electrons. The van der Waals surface area contributed by atoms with Crippen molar-refractivity contribution in [3.63, 3.8) is 0 Å². The lowest BCUT2D eigenvalue weighted by Gasteiger charge is -2.18. The van der Waals surface area contributed by atoms with Crippen LogP contribution in [0.1, 0.15) is 28.8 Å². The summed E-state index contributed by atoms with van der Waals surface area (Å²) in [5, 5.41) is 2.88. The summed E-state index contributed by atoms with van der Waals surface area (Å²) >= 11 is 0. The van der Waals surface area contributed by atoms with Gasteiger partial charge in [-0.25, -0.2) is 4.98 Å². The second kappa shape index (κ2) is 7.24. The number of nitrogen functional groups attached to an aromatic ring is 1. The fourth-order valence-electron chi connectivity index (χ4n) is 4.30. The lowest BCUT2D eigenvalue weighted by atomic mass is 9.94. The molecule has 5 nitrogen and oxygen atoms in total. The van der Waals surface area contributed by atoms with Crippen molar-refractivity contribution < 1.29 is 4.79 Å². The maximum absolute atomic E-state index is 12.0. The zero-order valence-electron chi connectivity index (χ0n) is 16.3. The SMILES string of the molecule is Nc1ncc(-c2ccc(N3CCCC3)cc2)cc1-c1ccc2c(c1)CCNC2=O. The lowest BCUT2D eigenvalue weighted by molar-refractivity contribution is 0.0946. The Kier molecular flexibility index (Phi) is 4.43. The maximum Gasteiger partial charge on any atom is 0.251 e. The molecule has 146 valence electrons. The van der Waals surface area contributed by atoms with Crippen LogP contribution in [-0.2, 0) is 6.42 Å². The van der Waals surface area contributed by atoms with E-state index in [9.17, 15) is 4.79 Å². The van der Waals surface area contributed by atoms with Gasteiger partial charge in [-0.2, -0.15) is 0 Å². The van der Waals surface area contributed by atoms with Crippen molar-refractivity contribution in [1.29, 1.82) is 0 Å². The first-order chi connectivity index (χ1) is 14.2. The number of amides is 1. The van der Waals surface area contributed by atoms with Crippen LogP contribution < -0.4 is 16.0 Å². The van der Waals surface area contributed by atoms with Crippen molar-refractivity contribution in [3.05, 3.63) is 65.9 Å². The van der Waals surface area contributed by atoms with Crippen LogP contribution >= 0.6 is 0 Å². The van der Waals surface area contributed by atoms with Crippen molar-refractivity contribution in [2.45, 2.75) is 19.3 Å². The Hall–Kier alpha value is -3.34. The average Bonchev–Trinajstić information content (AvgIpc) is 3.29. The van der Waals surface area contributed by atoms with Crippen molar-refractivity contribution in [3.8, 4) is 22.3 Å². The third kappa shape index (κ3) is 3.33. The van der Waals surface area contributed by atoms with Crippen LogP contribution in [0.4, 0.5) is 11.5 Å². The smallest absolute Gasteiger partial charge is 0.251 e. The highest BCUT2D eigenvalue weighted by Gasteiger charge is 2.18. The second-order valence-electron chi connectivity index (χ2n) is 7.78. The molecular weight excluding hydrogens is 360 g/mol. The number of nitrogens with two attached hydrogens (primary N) is 1. The fraction of sp³-hybridized carbons (Fsp3) is 0.250. The van der Waals surface area contributed by atoms with Crippen LogP contribution in [0.3, 0.4) is 0 Å². The topological polar surface area (TPSA) is 71.2 Å². The molecular formula is C24H24N4O. The van der Waals surface area contributed by atoms with Gasteiger partial charge in [-0.3, -0.25) is 4.79 Å². The Morgan fingerprint density at radius 1 is 0.897 bits per heavy atom. The third-order valence-electron chi connectivity index (χ3n) is 5.93. The number of nitrogens with zero attached hydrogens (tertiary/aromatic N) is 2. The molecule has 0 aliphatic carbocycles. The van der Waals surface area contributed by atoms with E-state index in [0.29, 0.717) is 12.4 Å². The molecule has 0 spiro atoms. The standard InChI is InChI=1S/C24H24N4O/c25-23-22(17-5-8-21-18(13-17)9-10-26-24(21)29)14-19(15-27-23)16-3-6-20(7-4-16)28-11-1-2-12-28/h3-8,13-15H,1-2,9-12H2,(H2,25,27)(H,26,29). The molecule has 1 aromatic heterocycles. The van der Waals surface area contributed by atoms with E-state index in [2.05, 4.69) is 51.6 Å². The van der Waals surface area contributed by atoms with E-state index in [1.807, 2.05) is 18.3 Å². The van der Waals surface area contributed by atoms with Gasteiger partial charge in [0.15, 0.2) is 0 Å². The number of hydrogen-bond acceptors (Lipinski definition) is 4. The van der Waals surface area contributed by atoms with Gasteiger partial charge in [-0.15, -0.1) is 0 Å². The number of rotatable bonds is 3. The summed E-state index contributed by atoms with van der Waals surface area (Å²) in [5.41, 5.74) is 13.4. The van der Waals surface area contributed by atoms with E-state index in [0.717, 1.165) is 52.9 Å². The summed E-state index contributed by atoms with van der Waals surface area (Å²) in [6, 6.07) is 16.7. The van der Waals surface area contributed by atoms with E-state index in [4.69, 9.17) is 5.73 Å². The number of carbonyl (C=O) groups excluding carboxylic acids is 1. The lowest BCUT2D eigenvalue weighted by Crippen LogP contribution is -2.31. The van der Waals surface area contributed by atoms with Crippen LogP contribution in [0.15, 0.2) is 54.7 Å². The number of benzene rings is 2. The molecule has 0 saturated carbocycles. The molecule has 2 aliphatic rings. The van der Waals surface area contributed by atoms with E-state index in [-0.39, 0.29) is 5.91 Å². The van der Waals surface area contributed by atoms with Gasteiger partial charge in [0.1, 0.15) is 5.82 Å². The molecule has 1 amide bonds. The quantitative estimate of drug-likeness (QED) is 0.719. The number of aromatic nitrogens is 1. The molecule has 2 aromatic carbocycles. The number of fused-ring (bicyclic) bond motifs is 1. The highest BCUT2D eigenvalue weighted by atomic mass is 16.1. The Labute approximate surface area is 170 Å². The van der Waals surface area contributed by atoms with Gasteiger partial charge >= 0.3 is 0 Å². The summed E-state index contributed by atoms with van der Waals surface area (Å²) in [6.07, 6.45) is 5.21. The summed E-state index contributed by atoms with van der Waals surface area (Å²) in [6.45, 7) is 2.96. The summed E-state index contributed by atoms with van der Waals surface area (Å²) in [4.78, 5) is 18.9. The van der Waals surface area contributed by atoms with Crippen LogP contribution in [0.5, 0.6) is 0 Å². The maximum atomic E-state index is 12.0. The molecule has 5 heteroatoms. The highest BCUT2D eigenvalue weighted by molar-refractivity contribution is 5.97. The predicted octanol–water partition coefficient (Wildman–Crippen LogP) is 3.88. The Morgan fingerprint density at radius 3 is 2.45 bits per heavy atom. The van der Waals surface area contributed by atoms with Crippen molar-refractivity contribution >= 4 is 17.4 Å². The molecule has 5 rings (SSSR count). The van der Waals surface area contributed by atoms with Crippen LogP contribution in [-0.4, -0.2) is 30.5 Å². The molecule has 2 aliphatic heterocycles. The van der Waals surface area contributed by atoms with Gasteiger partial charge in [0.05, 0.1) is 0 Å². The van der Waals surface area contributed by atoms with Gasteiger partial charge in [0, 0.05) is 48.2 Å². The molecule has 3 aromatic rings. The van der Waals surface area contributed by atoms with Gasteiger partial charge < -0.3 is 16.0 Å². The second-order valence-corrected chi connectivity index (χ2v) is 7.78. The highest BCUT2D eigenvalue weighted by Crippen LogP contribution is 2.32. The van der Waals surface area contributed by atoms with Gasteiger partial charge in [0.2, 0.25) is 0 Å². The number of nitrogens with one attached hydrogen (secondary N) is 1. The molecule has 0 bridgehead atoms. The summed E-state index contributed by atoms with van der Waals surface area (Å²) in [5.74, 6) is 0.499. The minimum absolute atomic E-state index is 0.00394. The molecule has 3 heterocycles. The minimum Gasteiger partial charge on any atom is -0.383 e. The largest absolute Gasteiger partial charge is 0.383 e. The molecule has 0 atom stereocenters. The first-order valence-electron chi connectivity index (χ1n) is 10.2. The number of pyridine rings is 1. The number of carbonyl (C=O) groups is 1. The molecule has 29 heavy (non-hydrogen) atoms. The van der Waals surface area contributed by atoms with Gasteiger partial charge in [0.25, 0.3) is 5.91 Å². The van der Waals surface area contributed by atoms with Crippen molar-refractivity contribution in [1.82, 2.24) is 10.3 Å². The van der Waals surface area contributed by atoms with Gasteiger partial charge in [-0.05, 0) is 60.2 Å². The fourth-order valence-corrected chi connectivity index (χ4v) is 4.30. The van der Waals surface area contributed by atoms with Crippen LogP contribution in [0.2, 0.25) is 0 Å². The minimum atomic E-state index is -0.00394. The average molecular weight is 384 g/mol. The molecule has 0 unspecified atom stereocenters. The first kappa shape index (κ1) is 17.7. The Bertz CT molecular complexity index is 1070. The normalized spacial score (nSPS) is 15.9. The first-order valence-corrected chi connectivity index (χ1v) is 10.2. The molecule has 1 saturated heterocycles. The van der Waals surface area contributed by atoms with Crippen molar-refractivity contribution in [2.75, 3.05) is 30.3 Å². The number of anilines is 2. The van der Waals surface area contributed by atoms with Crippen LogP contribution in [0, 0.1) is 0 Å². The zero-order chi connectivity index (χ0) is 19.8. The Morgan fingerprint density at radius 2 is 1.66 bits per heavy atom. The van der Waals surface area contributed by atoms with E-state index >= 15 is 0 Å². The van der Waals surface area contributed by atoms with Crippen LogP contribution in [0.25, 0.3) is 22.3 Å². The zero-order valence-corrected chi connectivity index (χ0v) is 16.3. The van der Waals surface area contributed by atoms with Crippen molar-refractivity contribution in [2.24, 2.45) is 0 Å². The molecule has 1 fully saturated rings. The van der Waals surface area contributed by atoms with Gasteiger partial charge in [-0.1, -0.05) is 24.3 Å². The van der Waals surface area contributed by atoms with E-state index in [1.54, 1.807) is 0 Å². The summed E-state index contributed by atoms with van der Waals surface area (Å²) in [7, 11) is 0. The summed E-state index contributed by atoms with van der Waals surface area (Å²) < 4.78 is 0. The monoisotopic (exact) mass is 384 g/mol. The number of hydrogen-bond donors (Lipinski definition) is 2. The Balaban J connectivity index is 1.48. The third-order valence-corrected chi connectivity index (χ3v) is 5.93. The van der Waals surface area contributed by atoms with E-state index < -0.39 is 0 Å².